The number of amides is 2. The highest BCUT2D eigenvalue weighted by molar-refractivity contribution is 5.90. The maximum atomic E-state index is 13.4. The second kappa shape index (κ2) is 8.59. The number of urea groups is 1. The summed E-state index contributed by atoms with van der Waals surface area (Å²) in [5, 5.41) is 6.47. The minimum atomic E-state index is -0.361. The third-order valence-corrected chi connectivity index (χ3v) is 5.93. The van der Waals surface area contributed by atoms with Crippen LogP contribution in [0.1, 0.15) is 23.6 Å². The van der Waals surface area contributed by atoms with Crippen LogP contribution in [0.25, 0.3) is 0 Å². The Labute approximate surface area is 185 Å². The van der Waals surface area contributed by atoms with E-state index in [0.717, 1.165) is 24.0 Å². The topological polar surface area (TPSA) is 53.6 Å². The van der Waals surface area contributed by atoms with Gasteiger partial charge in [-0.1, -0.05) is 12.1 Å². The summed E-state index contributed by atoms with van der Waals surface area (Å²) in [5.41, 5.74) is 2.89. The molecule has 3 aromatic rings. The predicted molar refractivity (Wildman–Crippen MR) is 118 cm³/mol. The number of nitrogens with zero attached hydrogens (tertiary/aromatic N) is 1. The van der Waals surface area contributed by atoms with Gasteiger partial charge in [-0.2, -0.15) is 0 Å². The number of hydrogen-bond acceptors (Lipinski definition) is 3. The van der Waals surface area contributed by atoms with Gasteiger partial charge >= 0.3 is 6.03 Å². The molecule has 1 aliphatic carbocycles. The molecule has 0 spiro atoms. The molecule has 1 unspecified atom stereocenters. The van der Waals surface area contributed by atoms with E-state index in [9.17, 15) is 13.6 Å². The molecule has 1 saturated heterocycles. The SMILES string of the molecule is O=C(Nc1ccc(Oc2cccc(F)c2)cc1)N1CC(NC2CCc3cc(F)ccc32)C1. The molecule has 2 aliphatic rings. The largest absolute Gasteiger partial charge is 0.457 e. The maximum Gasteiger partial charge on any atom is 0.321 e. The average molecular weight is 435 g/mol. The van der Waals surface area contributed by atoms with Crippen molar-refractivity contribution in [2.75, 3.05) is 18.4 Å². The zero-order chi connectivity index (χ0) is 22.1. The molecule has 1 aliphatic heterocycles. The van der Waals surface area contributed by atoms with Crippen LogP contribution in [0.5, 0.6) is 11.5 Å². The lowest BCUT2D eigenvalue weighted by Crippen LogP contribution is -2.61. The first kappa shape index (κ1) is 20.5. The number of ether oxygens (including phenoxy) is 1. The fraction of sp³-hybridized carbons (Fsp3) is 0.240. The number of anilines is 1. The average Bonchev–Trinajstić information content (AvgIpc) is 3.13. The summed E-state index contributed by atoms with van der Waals surface area (Å²) in [7, 11) is 0. The van der Waals surface area contributed by atoms with Crippen LogP contribution in [0.15, 0.2) is 66.7 Å². The number of benzene rings is 3. The second-order valence-electron chi connectivity index (χ2n) is 8.22. The van der Waals surface area contributed by atoms with E-state index in [4.69, 9.17) is 4.74 Å². The van der Waals surface area contributed by atoms with Gasteiger partial charge in [0.25, 0.3) is 0 Å². The molecule has 7 heteroatoms. The van der Waals surface area contributed by atoms with Crippen LogP contribution in [-0.4, -0.2) is 30.1 Å². The number of rotatable bonds is 5. The Morgan fingerprint density at radius 1 is 0.938 bits per heavy atom. The lowest BCUT2D eigenvalue weighted by molar-refractivity contribution is 0.142. The number of carbonyl (C=O) groups excluding carboxylic acids is 1. The highest BCUT2D eigenvalue weighted by Gasteiger charge is 2.34. The van der Waals surface area contributed by atoms with Crippen molar-refractivity contribution in [1.29, 1.82) is 0 Å². The van der Waals surface area contributed by atoms with Crippen molar-refractivity contribution in [2.45, 2.75) is 24.9 Å². The van der Waals surface area contributed by atoms with Crippen molar-refractivity contribution < 1.29 is 18.3 Å². The first-order valence-corrected chi connectivity index (χ1v) is 10.7. The molecule has 164 valence electrons. The van der Waals surface area contributed by atoms with Gasteiger partial charge in [0.05, 0.1) is 0 Å². The summed E-state index contributed by atoms with van der Waals surface area (Å²) in [6, 6.07) is 18.1. The molecule has 1 heterocycles. The summed E-state index contributed by atoms with van der Waals surface area (Å²) >= 11 is 0. The number of halogens is 2. The number of hydrogen-bond donors (Lipinski definition) is 2. The smallest absolute Gasteiger partial charge is 0.321 e. The molecule has 5 nitrogen and oxygen atoms in total. The molecular weight excluding hydrogens is 412 g/mol. The Hall–Kier alpha value is -3.45. The van der Waals surface area contributed by atoms with Crippen molar-refractivity contribution in [3.8, 4) is 11.5 Å². The zero-order valence-electron chi connectivity index (χ0n) is 17.4. The van der Waals surface area contributed by atoms with Gasteiger partial charge in [0.15, 0.2) is 0 Å². The van der Waals surface area contributed by atoms with Crippen LogP contribution in [0.2, 0.25) is 0 Å². The van der Waals surface area contributed by atoms with Gasteiger partial charge in [0.1, 0.15) is 23.1 Å². The lowest BCUT2D eigenvalue weighted by atomic mass is 10.0. The molecule has 2 N–H and O–H groups in total. The molecule has 2 amide bonds. The first-order chi connectivity index (χ1) is 15.5. The molecule has 0 bridgehead atoms. The van der Waals surface area contributed by atoms with Crippen LogP contribution in [-0.2, 0) is 6.42 Å². The van der Waals surface area contributed by atoms with Gasteiger partial charge in [-0.3, -0.25) is 0 Å². The Kier molecular flexibility index (Phi) is 5.49. The van der Waals surface area contributed by atoms with Crippen molar-refractivity contribution in [2.24, 2.45) is 0 Å². The lowest BCUT2D eigenvalue weighted by Gasteiger charge is -2.41. The van der Waals surface area contributed by atoms with E-state index >= 15 is 0 Å². The van der Waals surface area contributed by atoms with E-state index in [0.29, 0.717) is 30.3 Å². The van der Waals surface area contributed by atoms with Crippen LogP contribution in [0.4, 0.5) is 19.3 Å². The summed E-state index contributed by atoms with van der Waals surface area (Å²) in [5.74, 6) is 0.415. The molecule has 0 saturated carbocycles. The third-order valence-electron chi connectivity index (χ3n) is 5.93. The van der Waals surface area contributed by atoms with Gasteiger partial charge in [-0.25, -0.2) is 13.6 Å². The quantitative estimate of drug-likeness (QED) is 0.576. The van der Waals surface area contributed by atoms with E-state index in [2.05, 4.69) is 10.6 Å². The molecule has 3 aromatic carbocycles. The molecule has 0 radical (unpaired) electrons. The molecule has 32 heavy (non-hydrogen) atoms. The number of likely N-dealkylation sites (tertiary alicyclic amines) is 1. The van der Waals surface area contributed by atoms with Gasteiger partial charge in [-0.15, -0.1) is 0 Å². The molecule has 1 atom stereocenters. The third kappa shape index (κ3) is 4.43. The van der Waals surface area contributed by atoms with E-state index in [1.165, 1.54) is 18.2 Å². The summed E-state index contributed by atoms with van der Waals surface area (Å²) < 4.78 is 32.3. The molecule has 0 aromatic heterocycles. The number of aryl methyl sites for hydroxylation is 1. The monoisotopic (exact) mass is 435 g/mol. The van der Waals surface area contributed by atoms with Gasteiger partial charge in [0.2, 0.25) is 0 Å². The Morgan fingerprint density at radius 2 is 1.72 bits per heavy atom. The van der Waals surface area contributed by atoms with Gasteiger partial charge < -0.3 is 20.3 Å². The Morgan fingerprint density at radius 3 is 2.50 bits per heavy atom. The number of fused-ring (bicyclic) bond motifs is 1. The van der Waals surface area contributed by atoms with E-state index in [1.54, 1.807) is 47.4 Å². The van der Waals surface area contributed by atoms with Gasteiger partial charge in [-0.05, 0) is 72.5 Å². The number of nitrogens with one attached hydrogen (secondary N) is 2. The van der Waals surface area contributed by atoms with Crippen molar-refractivity contribution in [1.82, 2.24) is 10.2 Å². The van der Waals surface area contributed by atoms with Crippen molar-refractivity contribution in [3.63, 3.8) is 0 Å². The van der Waals surface area contributed by atoms with Crippen LogP contribution in [0, 0.1) is 11.6 Å². The molecular formula is C25H23F2N3O2. The van der Waals surface area contributed by atoms with Gasteiger partial charge in [0, 0.05) is 36.9 Å². The maximum absolute atomic E-state index is 13.4. The fourth-order valence-corrected chi connectivity index (χ4v) is 4.27. The predicted octanol–water partition coefficient (Wildman–Crippen LogP) is 5.25. The number of carbonyl (C=O) groups is 1. The molecule has 1 fully saturated rings. The van der Waals surface area contributed by atoms with Crippen molar-refractivity contribution >= 4 is 11.7 Å². The minimum Gasteiger partial charge on any atom is -0.457 e. The first-order valence-electron chi connectivity index (χ1n) is 10.7. The Balaban J connectivity index is 1.10. The highest BCUT2D eigenvalue weighted by Crippen LogP contribution is 2.32. The second-order valence-corrected chi connectivity index (χ2v) is 8.22. The van der Waals surface area contributed by atoms with E-state index in [-0.39, 0.29) is 29.7 Å². The van der Waals surface area contributed by atoms with E-state index < -0.39 is 0 Å². The molecule has 5 rings (SSSR count). The normalized spacial score (nSPS) is 17.6. The minimum absolute atomic E-state index is 0.157. The van der Waals surface area contributed by atoms with E-state index in [1.807, 2.05) is 6.07 Å². The van der Waals surface area contributed by atoms with Crippen molar-refractivity contribution in [3.05, 3.63) is 89.5 Å². The Bertz CT molecular complexity index is 1130. The zero-order valence-corrected chi connectivity index (χ0v) is 17.4. The summed E-state index contributed by atoms with van der Waals surface area (Å²) in [4.78, 5) is 14.2. The summed E-state index contributed by atoms with van der Waals surface area (Å²) in [6.07, 6.45) is 1.83. The van der Waals surface area contributed by atoms with Crippen LogP contribution < -0.4 is 15.4 Å². The van der Waals surface area contributed by atoms with Crippen LogP contribution >= 0.6 is 0 Å². The highest BCUT2D eigenvalue weighted by atomic mass is 19.1. The van der Waals surface area contributed by atoms with Crippen LogP contribution in [0.3, 0.4) is 0 Å². The summed E-state index contributed by atoms with van der Waals surface area (Å²) in [6.45, 7) is 1.25. The standard InChI is InChI=1S/C25H23F2N3O2/c26-17-2-1-3-22(13-17)32-21-8-6-19(7-9-21)29-25(31)30-14-20(15-30)28-24-11-4-16-12-18(27)5-10-23(16)24/h1-3,5-10,12-13,20,24,28H,4,11,14-15H2,(H,29,31). The fourth-order valence-electron chi connectivity index (χ4n) is 4.27.